The molecule has 0 N–H and O–H groups in total. The predicted octanol–water partition coefficient (Wildman–Crippen LogP) is 4.55. The number of nitrogens with zero attached hydrogens (tertiary/aromatic N) is 4. The van der Waals surface area contributed by atoms with E-state index in [-0.39, 0.29) is 68.4 Å². The van der Waals surface area contributed by atoms with Gasteiger partial charge in [0.2, 0.25) is 0 Å². The van der Waals surface area contributed by atoms with Gasteiger partial charge in [-0.1, -0.05) is 30.3 Å². The highest BCUT2D eigenvalue weighted by Crippen LogP contribution is 2.35. The molecule has 0 unspecified atom stereocenters. The summed E-state index contributed by atoms with van der Waals surface area (Å²) >= 11 is 0. The molecule has 2 heterocycles. The van der Waals surface area contributed by atoms with E-state index in [1.807, 2.05) is 4.90 Å². The molecule has 2 saturated heterocycles. The normalized spacial score (nSPS) is 16.3. The predicted molar refractivity (Wildman–Crippen MR) is 146 cm³/mol. The second-order valence-corrected chi connectivity index (χ2v) is 10.5. The number of amides is 2. The first-order valence-electron chi connectivity index (χ1n) is 13.8. The number of anilines is 2. The van der Waals surface area contributed by atoms with Crippen molar-refractivity contribution in [3.63, 3.8) is 0 Å². The van der Waals surface area contributed by atoms with Gasteiger partial charge in [0.05, 0.1) is 5.56 Å². The summed E-state index contributed by atoms with van der Waals surface area (Å²) in [4.78, 5) is 42.4. The largest absolute Gasteiger partial charge is 0.471 e. The summed E-state index contributed by atoms with van der Waals surface area (Å²) in [5.41, 5.74) is 0.882. The zero-order valence-electron chi connectivity index (χ0n) is 23.5. The van der Waals surface area contributed by atoms with Crippen LogP contribution in [-0.2, 0) is 20.9 Å². The van der Waals surface area contributed by atoms with Crippen LogP contribution < -0.4 is 9.80 Å². The maximum atomic E-state index is 13.8. The average molecular weight is 615 g/mol. The molecule has 2 aromatic carbocycles. The van der Waals surface area contributed by atoms with Crippen LogP contribution in [0.3, 0.4) is 0 Å². The summed E-state index contributed by atoms with van der Waals surface area (Å²) < 4.78 is 85.8. The Hall–Kier alpha value is -3.81. The summed E-state index contributed by atoms with van der Waals surface area (Å²) in [7, 11) is 0. The lowest BCUT2D eigenvalue weighted by Gasteiger charge is -2.38. The first kappa shape index (κ1) is 32.1. The third-order valence-corrected chi connectivity index (χ3v) is 7.57. The van der Waals surface area contributed by atoms with E-state index in [2.05, 4.69) is 0 Å². The Morgan fingerprint density at radius 2 is 1.49 bits per heavy atom. The van der Waals surface area contributed by atoms with E-state index in [0.717, 1.165) is 12.8 Å². The zero-order valence-corrected chi connectivity index (χ0v) is 23.5. The highest BCUT2D eigenvalue weighted by molar-refractivity contribution is 6.01. The van der Waals surface area contributed by atoms with Gasteiger partial charge in [0.1, 0.15) is 6.61 Å². The second kappa shape index (κ2) is 13.2. The van der Waals surface area contributed by atoms with Crippen molar-refractivity contribution >= 4 is 29.2 Å². The van der Waals surface area contributed by atoms with Crippen molar-refractivity contribution in [3.05, 3.63) is 59.2 Å². The van der Waals surface area contributed by atoms with Crippen LogP contribution >= 0.6 is 0 Å². The van der Waals surface area contributed by atoms with Crippen molar-refractivity contribution in [2.75, 3.05) is 62.2 Å². The molecule has 2 aliphatic rings. The van der Waals surface area contributed by atoms with Crippen LogP contribution in [0.15, 0.2) is 42.5 Å². The molecule has 0 atom stereocenters. The molecule has 234 valence electrons. The van der Waals surface area contributed by atoms with Crippen LogP contribution in [0.1, 0.15) is 34.3 Å². The minimum atomic E-state index is -5.20. The van der Waals surface area contributed by atoms with Gasteiger partial charge in [0, 0.05) is 50.6 Å². The third kappa shape index (κ3) is 7.98. The quantitative estimate of drug-likeness (QED) is 0.321. The lowest BCUT2D eigenvalue weighted by Crippen LogP contribution is -2.52. The molecule has 2 amide bonds. The van der Waals surface area contributed by atoms with Crippen LogP contribution in [0.5, 0.6) is 0 Å². The van der Waals surface area contributed by atoms with Gasteiger partial charge in [-0.25, -0.2) is 4.79 Å². The van der Waals surface area contributed by atoms with Crippen LogP contribution in [0.4, 0.5) is 37.7 Å². The SMILES string of the molecule is Cc1c(N2CCN(C(=O)C(F)(F)F)CC2)cc(C(=O)OCc2ccccc2)cc1N(CCN1CCCC1)C(=O)C(F)(F)F. The third-order valence-electron chi connectivity index (χ3n) is 7.57. The number of ether oxygens (including phenoxy) is 1. The van der Waals surface area contributed by atoms with Gasteiger partial charge >= 0.3 is 30.1 Å². The van der Waals surface area contributed by atoms with Crippen LogP contribution in [0.2, 0.25) is 0 Å². The number of hydrogen-bond donors (Lipinski definition) is 0. The van der Waals surface area contributed by atoms with E-state index in [0.29, 0.717) is 28.5 Å². The first-order chi connectivity index (χ1) is 20.3. The molecule has 0 radical (unpaired) electrons. The molecule has 0 aliphatic carbocycles. The van der Waals surface area contributed by atoms with Gasteiger partial charge in [0.15, 0.2) is 0 Å². The Bertz CT molecular complexity index is 1300. The van der Waals surface area contributed by atoms with Crippen molar-refractivity contribution in [1.29, 1.82) is 0 Å². The molecule has 2 fully saturated rings. The van der Waals surface area contributed by atoms with Crippen LogP contribution in [0, 0.1) is 6.92 Å². The molecular formula is C29H32F6N4O4. The number of carbonyl (C=O) groups excluding carboxylic acids is 3. The summed E-state index contributed by atoms with van der Waals surface area (Å²) in [5, 5.41) is 0. The van der Waals surface area contributed by atoms with Gasteiger partial charge in [-0.2, -0.15) is 26.3 Å². The molecule has 0 spiro atoms. The molecule has 43 heavy (non-hydrogen) atoms. The molecule has 0 aromatic heterocycles. The fraction of sp³-hybridized carbons (Fsp3) is 0.483. The number of piperazine rings is 1. The number of likely N-dealkylation sites (tertiary alicyclic amines) is 1. The topological polar surface area (TPSA) is 73.4 Å². The maximum absolute atomic E-state index is 13.8. The molecule has 0 saturated carbocycles. The molecule has 2 aromatic rings. The summed E-state index contributed by atoms with van der Waals surface area (Å²) in [6.07, 6.45) is -8.46. The van der Waals surface area contributed by atoms with Gasteiger partial charge in [-0.15, -0.1) is 0 Å². The van der Waals surface area contributed by atoms with E-state index in [9.17, 15) is 40.7 Å². The highest BCUT2D eigenvalue weighted by Gasteiger charge is 2.45. The number of halogens is 6. The van der Waals surface area contributed by atoms with Crippen molar-refractivity contribution in [2.45, 2.75) is 38.7 Å². The van der Waals surface area contributed by atoms with Gasteiger partial charge < -0.3 is 24.3 Å². The lowest BCUT2D eigenvalue weighted by atomic mass is 10.0. The van der Waals surface area contributed by atoms with Crippen LogP contribution in [0.25, 0.3) is 0 Å². The number of benzene rings is 2. The Labute approximate surface area is 244 Å². The summed E-state index contributed by atoms with van der Waals surface area (Å²) in [6.45, 7) is 1.88. The number of alkyl halides is 6. The van der Waals surface area contributed by atoms with E-state index in [4.69, 9.17) is 4.74 Å². The smallest absolute Gasteiger partial charge is 0.457 e. The maximum Gasteiger partial charge on any atom is 0.471 e. The Balaban J connectivity index is 1.68. The first-order valence-corrected chi connectivity index (χ1v) is 13.8. The lowest BCUT2D eigenvalue weighted by molar-refractivity contribution is -0.185. The fourth-order valence-electron chi connectivity index (χ4n) is 5.28. The van der Waals surface area contributed by atoms with Gasteiger partial charge in [-0.05, 0) is 56.1 Å². The number of esters is 1. The van der Waals surface area contributed by atoms with Gasteiger partial charge in [0.25, 0.3) is 0 Å². The molecule has 8 nitrogen and oxygen atoms in total. The molecule has 4 rings (SSSR count). The van der Waals surface area contributed by atoms with Crippen molar-refractivity contribution in [1.82, 2.24) is 9.80 Å². The van der Waals surface area contributed by atoms with E-state index >= 15 is 0 Å². The summed E-state index contributed by atoms with van der Waals surface area (Å²) in [5.74, 6) is -4.93. The average Bonchev–Trinajstić information content (AvgIpc) is 3.49. The van der Waals surface area contributed by atoms with Crippen molar-refractivity contribution < 1.29 is 45.5 Å². The Morgan fingerprint density at radius 1 is 0.860 bits per heavy atom. The van der Waals surface area contributed by atoms with E-state index < -0.39 is 30.1 Å². The minimum absolute atomic E-state index is 0.0778. The highest BCUT2D eigenvalue weighted by atomic mass is 19.4. The zero-order chi connectivity index (χ0) is 31.4. The number of carbonyl (C=O) groups is 3. The standard InChI is InChI=1S/C29H32F6N4O4/c1-20-23(37-12-14-38(15-13-37)26(41)28(30,31)32)17-22(25(40)43-19-21-7-3-2-4-8-21)18-24(20)39(27(42)29(33,34)35)16-11-36-9-5-6-10-36/h2-4,7-8,17-18H,5-6,9-16,19H2,1H3. The summed E-state index contributed by atoms with van der Waals surface area (Å²) in [6, 6.07) is 11.3. The molecule has 2 aliphatic heterocycles. The van der Waals surface area contributed by atoms with Gasteiger partial charge in [-0.3, -0.25) is 9.59 Å². The van der Waals surface area contributed by atoms with Crippen LogP contribution in [-0.4, -0.2) is 92.3 Å². The molecule has 0 bridgehead atoms. The molecule has 14 heteroatoms. The van der Waals surface area contributed by atoms with E-state index in [1.54, 1.807) is 35.2 Å². The van der Waals surface area contributed by atoms with E-state index in [1.165, 1.54) is 19.1 Å². The molecular weight excluding hydrogens is 582 g/mol. The Kier molecular flexibility index (Phi) is 9.88. The Morgan fingerprint density at radius 3 is 2.07 bits per heavy atom. The fourth-order valence-corrected chi connectivity index (χ4v) is 5.28. The minimum Gasteiger partial charge on any atom is -0.457 e. The number of hydrogen-bond acceptors (Lipinski definition) is 6. The monoisotopic (exact) mass is 614 g/mol. The van der Waals surface area contributed by atoms with Crippen molar-refractivity contribution in [3.8, 4) is 0 Å². The number of rotatable bonds is 8. The second-order valence-electron chi connectivity index (χ2n) is 10.5. The van der Waals surface area contributed by atoms with Crippen molar-refractivity contribution in [2.24, 2.45) is 0 Å².